The molecule has 3 aromatic rings. The van der Waals surface area contributed by atoms with E-state index in [4.69, 9.17) is 23.2 Å². The van der Waals surface area contributed by atoms with Gasteiger partial charge in [0.2, 0.25) is 5.88 Å². The van der Waals surface area contributed by atoms with E-state index in [1.807, 2.05) is 6.92 Å². The van der Waals surface area contributed by atoms with Crippen LogP contribution in [0.2, 0.25) is 10.0 Å². The number of ether oxygens (including phenoxy) is 1. The molecule has 0 amide bonds. The molecule has 0 aliphatic carbocycles. The predicted molar refractivity (Wildman–Crippen MR) is 92.4 cm³/mol. The molecule has 2 aromatic heterocycles. The number of thiazole rings is 1. The largest absolute Gasteiger partial charge is 0.416 e. The van der Waals surface area contributed by atoms with E-state index in [0.29, 0.717) is 16.6 Å². The van der Waals surface area contributed by atoms with Crippen LogP contribution in [0.15, 0.2) is 6.07 Å². The normalized spacial score (nSPS) is 11.7. The Morgan fingerprint density at radius 2 is 2.08 bits per heavy atom. The Bertz CT molecular complexity index is 942. The van der Waals surface area contributed by atoms with Crippen LogP contribution in [0.1, 0.15) is 18.4 Å². The van der Waals surface area contributed by atoms with Gasteiger partial charge in [0.05, 0.1) is 20.3 Å². The van der Waals surface area contributed by atoms with Crippen LogP contribution in [0.4, 0.5) is 13.2 Å². The first-order chi connectivity index (χ1) is 11.8. The Balaban J connectivity index is 2.25. The zero-order chi connectivity index (χ0) is 18.3. The summed E-state index contributed by atoms with van der Waals surface area (Å²) < 4.78 is 45.6. The highest BCUT2D eigenvalue weighted by atomic mass is 35.5. The lowest BCUT2D eigenvalue weighted by atomic mass is 10.1. The van der Waals surface area contributed by atoms with Crippen molar-refractivity contribution in [2.45, 2.75) is 26.4 Å². The molecule has 0 bridgehead atoms. The van der Waals surface area contributed by atoms with Crippen LogP contribution in [-0.2, 0) is 13.5 Å². The van der Waals surface area contributed by atoms with Gasteiger partial charge in [-0.3, -0.25) is 0 Å². The Morgan fingerprint density at radius 3 is 2.72 bits per heavy atom. The Kier molecular flexibility index (Phi) is 5.13. The molecule has 10 heteroatoms. The van der Waals surface area contributed by atoms with Crippen molar-refractivity contribution in [1.29, 1.82) is 0 Å². The molecule has 0 saturated carbocycles. The van der Waals surface area contributed by atoms with Crippen LogP contribution in [-0.4, -0.2) is 21.4 Å². The standard InChI is InChI=1S/C15H12Cl2F3N3OS/c1-3-4-8-21-11-6(16)5-7(18)9(13(11)25-8)12-10(17)14(23(2)22-12)24-15(19)20/h5,15H,3-4H2,1-2H3. The number of nitrogens with zero attached hydrogens (tertiary/aromatic N) is 3. The monoisotopic (exact) mass is 409 g/mol. The lowest BCUT2D eigenvalue weighted by Gasteiger charge is -2.04. The summed E-state index contributed by atoms with van der Waals surface area (Å²) in [7, 11) is 1.38. The second kappa shape index (κ2) is 7.01. The molecule has 0 N–H and O–H groups in total. The van der Waals surface area contributed by atoms with Crippen molar-refractivity contribution in [2.75, 3.05) is 0 Å². The molecule has 0 saturated heterocycles. The van der Waals surface area contributed by atoms with E-state index in [-0.39, 0.29) is 27.2 Å². The van der Waals surface area contributed by atoms with E-state index < -0.39 is 12.4 Å². The summed E-state index contributed by atoms with van der Waals surface area (Å²) in [5.74, 6) is -1.000. The smallest absolute Gasteiger partial charge is 0.388 e. The van der Waals surface area contributed by atoms with Crippen molar-refractivity contribution in [3.8, 4) is 17.1 Å². The minimum Gasteiger partial charge on any atom is -0.416 e. The van der Waals surface area contributed by atoms with Gasteiger partial charge in [-0.2, -0.15) is 13.9 Å². The number of halogens is 5. The number of hydrogen-bond donors (Lipinski definition) is 0. The van der Waals surface area contributed by atoms with Crippen molar-refractivity contribution in [3.05, 3.63) is 26.9 Å². The summed E-state index contributed by atoms with van der Waals surface area (Å²) in [6.45, 7) is -1.07. The highest BCUT2D eigenvalue weighted by Gasteiger charge is 2.26. The van der Waals surface area contributed by atoms with Crippen LogP contribution >= 0.6 is 34.5 Å². The lowest BCUT2D eigenvalue weighted by molar-refractivity contribution is -0.0552. The zero-order valence-electron chi connectivity index (χ0n) is 13.1. The number of rotatable bonds is 5. The van der Waals surface area contributed by atoms with E-state index in [1.165, 1.54) is 18.4 Å². The zero-order valence-corrected chi connectivity index (χ0v) is 15.4. The molecule has 1 aromatic carbocycles. The minimum atomic E-state index is -3.07. The van der Waals surface area contributed by atoms with Gasteiger partial charge in [0.25, 0.3) is 0 Å². The summed E-state index contributed by atoms with van der Waals surface area (Å²) in [6, 6.07) is 1.12. The van der Waals surface area contributed by atoms with Crippen molar-refractivity contribution in [3.63, 3.8) is 0 Å². The Hall–Kier alpha value is -1.51. The third-order valence-corrected chi connectivity index (χ3v) is 5.22. The van der Waals surface area contributed by atoms with Crippen LogP contribution < -0.4 is 4.74 Å². The predicted octanol–water partition coefficient (Wildman–Crippen LogP) is 5.70. The van der Waals surface area contributed by atoms with Crippen LogP contribution in [0.25, 0.3) is 21.5 Å². The average molecular weight is 410 g/mol. The molecule has 134 valence electrons. The lowest BCUT2D eigenvalue weighted by Crippen LogP contribution is -2.06. The molecule has 0 spiro atoms. The van der Waals surface area contributed by atoms with Crippen LogP contribution in [0, 0.1) is 5.82 Å². The topological polar surface area (TPSA) is 39.9 Å². The number of hydrogen-bond acceptors (Lipinski definition) is 4. The van der Waals surface area contributed by atoms with E-state index in [9.17, 15) is 13.2 Å². The molecule has 25 heavy (non-hydrogen) atoms. The second-order valence-electron chi connectivity index (χ2n) is 5.22. The molecule has 0 aliphatic heterocycles. The van der Waals surface area contributed by atoms with Gasteiger partial charge < -0.3 is 4.74 Å². The summed E-state index contributed by atoms with van der Waals surface area (Å²) >= 11 is 13.5. The molecule has 0 atom stereocenters. The molecule has 0 aliphatic rings. The maximum atomic E-state index is 14.6. The molecule has 0 radical (unpaired) electrons. The van der Waals surface area contributed by atoms with E-state index in [2.05, 4.69) is 14.8 Å². The Labute approximate surface area is 155 Å². The van der Waals surface area contributed by atoms with E-state index >= 15 is 0 Å². The van der Waals surface area contributed by atoms with E-state index in [0.717, 1.165) is 22.2 Å². The molecule has 4 nitrogen and oxygen atoms in total. The third-order valence-electron chi connectivity index (χ3n) is 3.46. The molecule has 3 rings (SSSR count). The van der Waals surface area contributed by atoms with Gasteiger partial charge in [-0.15, -0.1) is 11.3 Å². The maximum Gasteiger partial charge on any atom is 0.388 e. The number of benzene rings is 1. The molecule has 0 unspecified atom stereocenters. The summed E-state index contributed by atoms with van der Waals surface area (Å²) in [5.41, 5.74) is 0.513. The summed E-state index contributed by atoms with van der Waals surface area (Å²) in [5, 5.41) is 4.82. The van der Waals surface area contributed by atoms with Gasteiger partial charge in [0.1, 0.15) is 22.1 Å². The van der Waals surface area contributed by atoms with Gasteiger partial charge >= 0.3 is 6.61 Å². The number of aryl methyl sites for hydroxylation is 2. The first-order valence-electron chi connectivity index (χ1n) is 7.28. The highest BCUT2D eigenvalue weighted by molar-refractivity contribution is 7.19. The van der Waals surface area contributed by atoms with Gasteiger partial charge in [0, 0.05) is 7.05 Å². The quantitative estimate of drug-likeness (QED) is 0.542. The summed E-state index contributed by atoms with van der Waals surface area (Å²) in [6.07, 6.45) is 1.58. The SMILES string of the molecule is CCCc1nc2c(Cl)cc(F)c(-c3nn(C)c(OC(F)F)c3Cl)c2s1. The fourth-order valence-electron chi connectivity index (χ4n) is 2.45. The Morgan fingerprint density at radius 1 is 1.36 bits per heavy atom. The van der Waals surface area contributed by atoms with Gasteiger partial charge in [-0.25, -0.2) is 14.1 Å². The van der Waals surface area contributed by atoms with Gasteiger partial charge in [-0.1, -0.05) is 30.1 Å². The van der Waals surface area contributed by atoms with Gasteiger partial charge in [0.15, 0.2) is 0 Å². The van der Waals surface area contributed by atoms with Crippen LogP contribution in [0.5, 0.6) is 5.88 Å². The number of alkyl halides is 2. The maximum absolute atomic E-state index is 14.6. The van der Waals surface area contributed by atoms with Crippen molar-refractivity contribution in [2.24, 2.45) is 7.05 Å². The first-order valence-corrected chi connectivity index (χ1v) is 8.85. The first kappa shape index (κ1) is 18.3. The summed E-state index contributed by atoms with van der Waals surface area (Å²) in [4.78, 5) is 4.43. The number of aromatic nitrogens is 3. The minimum absolute atomic E-state index is 0.00526. The van der Waals surface area contributed by atoms with Crippen LogP contribution in [0.3, 0.4) is 0 Å². The van der Waals surface area contributed by atoms with Crippen molar-refractivity contribution < 1.29 is 17.9 Å². The van der Waals surface area contributed by atoms with E-state index in [1.54, 1.807) is 0 Å². The van der Waals surface area contributed by atoms with Crippen molar-refractivity contribution in [1.82, 2.24) is 14.8 Å². The molecular weight excluding hydrogens is 398 g/mol. The average Bonchev–Trinajstić information content (AvgIpc) is 3.05. The fourth-order valence-corrected chi connectivity index (χ4v) is 4.27. The number of fused-ring (bicyclic) bond motifs is 1. The molecule has 0 fully saturated rings. The second-order valence-corrected chi connectivity index (χ2v) is 7.09. The molecular formula is C15H12Cl2F3N3OS. The molecule has 2 heterocycles. The fraction of sp³-hybridized carbons (Fsp3) is 0.333. The third kappa shape index (κ3) is 3.30. The van der Waals surface area contributed by atoms with Crippen molar-refractivity contribution >= 4 is 44.8 Å². The highest BCUT2D eigenvalue weighted by Crippen LogP contribution is 2.43. The van der Waals surface area contributed by atoms with Gasteiger partial charge in [-0.05, 0) is 18.9 Å².